The van der Waals surface area contributed by atoms with E-state index in [1.54, 1.807) is 12.1 Å². The summed E-state index contributed by atoms with van der Waals surface area (Å²) < 4.78 is 5.48. The van der Waals surface area contributed by atoms with Gasteiger partial charge in [-0.3, -0.25) is 4.79 Å². The van der Waals surface area contributed by atoms with Crippen LogP contribution in [-0.2, 0) is 4.79 Å². The Hall–Kier alpha value is -2.56. The largest absolute Gasteiger partial charge is 0.483 e. The number of amides is 1. The van der Waals surface area contributed by atoms with E-state index in [2.05, 4.69) is 5.32 Å². The van der Waals surface area contributed by atoms with Gasteiger partial charge in [-0.15, -0.1) is 0 Å². The highest BCUT2D eigenvalue weighted by molar-refractivity contribution is 5.97. The Morgan fingerprint density at radius 2 is 1.91 bits per heavy atom. The molecule has 5 nitrogen and oxygen atoms in total. The lowest BCUT2D eigenvalue weighted by atomic mass is 10.1. The fourth-order valence-electron chi connectivity index (χ4n) is 2.66. The molecule has 2 aromatic rings. The number of ether oxygens (including phenoxy) is 1. The molecule has 0 aromatic heterocycles. The van der Waals surface area contributed by atoms with Gasteiger partial charge in [0.1, 0.15) is 11.3 Å². The van der Waals surface area contributed by atoms with Gasteiger partial charge in [-0.25, -0.2) is 4.79 Å². The van der Waals surface area contributed by atoms with Crippen molar-refractivity contribution in [3.8, 4) is 5.75 Å². The maximum absolute atomic E-state index is 11.9. The minimum Gasteiger partial charge on any atom is -0.483 e. The number of rotatable bonds is 6. The molecule has 0 spiro atoms. The van der Waals surface area contributed by atoms with Gasteiger partial charge in [-0.05, 0) is 48.6 Å². The zero-order valence-corrected chi connectivity index (χ0v) is 12.9. The van der Waals surface area contributed by atoms with E-state index in [0.717, 1.165) is 23.6 Å². The number of carboxylic acids is 1. The van der Waals surface area contributed by atoms with E-state index in [0.29, 0.717) is 5.92 Å². The molecular formula is C18H19NO4. The smallest absolute Gasteiger partial charge is 0.339 e. The molecule has 1 atom stereocenters. The van der Waals surface area contributed by atoms with Gasteiger partial charge < -0.3 is 15.2 Å². The van der Waals surface area contributed by atoms with Crippen molar-refractivity contribution in [1.82, 2.24) is 5.32 Å². The van der Waals surface area contributed by atoms with E-state index < -0.39 is 5.97 Å². The molecule has 1 aliphatic carbocycles. The van der Waals surface area contributed by atoms with Crippen LogP contribution < -0.4 is 10.1 Å². The summed E-state index contributed by atoms with van der Waals surface area (Å²) in [5.74, 6) is -0.522. The van der Waals surface area contributed by atoms with Crippen LogP contribution in [0.3, 0.4) is 0 Å². The SMILES string of the molecule is C[C@H](NC(=O)COc1cc2ccccc2cc1C(=O)O)C1CC1. The first-order valence-electron chi connectivity index (χ1n) is 7.73. The fraction of sp³-hybridized carbons (Fsp3) is 0.333. The van der Waals surface area contributed by atoms with Gasteiger partial charge in [0.15, 0.2) is 6.61 Å². The summed E-state index contributed by atoms with van der Waals surface area (Å²) in [6, 6.07) is 10.8. The molecule has 120 valence electrons. The second-order valence-corrected chi connectivity index (χ2v) is 5.98. The highest BCUT2D eigenvalue weighted by atomic mass is 16.5. The number of fused-ring (bicyclic) bond motifs is 1. The van der Waals surface area contributed by atoms with Crippen LogP contribution in [0.2, 0.25) is 0 Å². The highest BCUT2D eigenvalue weighted by Crippen LogP contribution is 2.32. The average Bonchev–Trinajstić information content (AvgIpc) is 3.36. The Morgan fingerprint density at radius 1 is 1.26 bits per heavy atom. The maximum Gasteiger partial charge on any atom is 0.339 e. The summed E-state index contributed by atoms with van der Waals surface area (Å²) in [6.45, 7) is 1.80. The topological polar surface area (TPSA) is 75.6 Å². The van der Waals surface area contributed by atoms with Crippen LogP contribution in [0, 0.1) is 5.92 Å². The molecule has 0 bridgehead atoms. The van der Waals surface area contributed by atoms with Crippen molar-refractivity contribution in [2.45, 2.75) is 25.8 Å². The third-order valence-corrected chi connectivity index (χ3v) is 4.15. The number of aromatic carboxylic acids is 1. The van der Waals surface area contributed by atoms with Crippen LogP contribution in [0.4, 0.5) is 0 Å². The summed E-state index contributed by atoms with van der Waals surface area (Å²) in [4.78, 5) is 23.3. The first-order valence-corrected chi connectivity index (χ1v) is 7.73. The lowest BCUT2D eigenvalue weighted by molar-refractivity contribution is -0.123. The van der Waals surface area contributed by atoms with Crippen LogP contribution in [-0.4, -0.2) is 29.6 Å². The molecular weight excluding hydrogens is 294 g/mol. The standard InChI is InChI=1S/C18H19NO4/c1-11(12-6-7-12)19-17(20)10-23-16-9-14-5-3-2-4-13(14)8-15(16)18(21)22/h2-5,8-9,11-12H,6-7,10H2,1H3,(H,19,20)(H,21,22)/t11-/m0/s1. The second kappa shape index (κ2) is 6.28. The van der Waals surface area contributed by atoms with E-state index >= 15 is 0 Å². The first-order chi connectivity index (χ1) is 11.0. The molecule has 1 amide bonds. The summed E-state index contributed by atoms with van der Waals surface area (Å²) in [5.41, 5.74) is 0.0618. The van der Waals surface area contributed by atoms with Crippen LogP contribution >= 0.6 is 0 Å². The number of benzene rings is 2. The summed E-state index contributed by atoms with van der Waals surface area (Å²) in [7, 11) is 0. The van der Waals surface area contributed by atoms with Gasteiger partial charge >= 0.3 is 5.97 Å². The number of carbonyl (C=O) groups excluding carboxylic acids is 1. The van der Waals surface area contributed by atoms with Gasteiger partial charge in [0, 0.05) is 6.04 Å². The number of carboxylic acid groups (broad SMARTS) is 1. The Morgan fingerprint density at radius 3 is 2.52 bits per heavy atom. The zero-order valence-electron chi connectivity index (χ0n) is 12.9. The summed E-state index contributed by atoms with van der Waals surface area (Å²) >= 11 is 0. The lowest BCUT2D eigenvalue weighted by Gasteiger charge is -2.14. The fourth-order valence-corrected chi connectivity index (χ4v) is 2.66. The number of hydrogen-bond acceptors (Lipinski definition) is 3. The molecule has 23 heavy (non-hydrogen) atoms. The normalized spacial score (nSPS) is 15.2. The van der Waals surface area contributed by atoms with Gasteiger partial charge in [0.25, 0.3) is 5.91 Å². The molecule has 5 heteroatoms. The minimum absolute atomic E-state index is 0.0618. The minimum atomic E-state index is -1.07. The van der Waals surface area contributed by atoms with E-state index in [1.807, 2.05) is 31.2 Å². The molecule has 0 saturated heterocycles. The predicted molar refractivity (Wildman–Crippen MR) is 86.7 cm³/mol. The van der Waals surface area contributed by atoms with Crippen LogP contribution in [0.15, 0.2) is 36.4 Å². The molecule has 0 radical (unpaired) electrons. The Labute approximate surface area is 134 Å². The number of carbonyl (C=O) groups is 2. The lowest BCUT2D eigenvalue weighted by Crippen LogP contribution is -2.37. The highest BCUT2D eigenvalue weighted by Gasteiger charge is 2.28. The molecule has 1 fully saturated rings. The third-order valence-electron chi connectivity index (χ3n) is 4.15. The third kappa shape index (κ3) is 3.62. The quantitative estimate of drug-likeness (QED) is 0.860. The average molecular weight is 313 g/mol. The number of nitrogens with one attached hydrogen (secondary N) is 1. The van der Waals surface area contributed by atoms with Crippen LogP contribution in [0.25, 0.3) is 10.8 Å². The predicted octanol–water partition coefficient (Wildman–Crippen LogP) is 2.83. The maximum atomic E-state index is 11.9. The second-order valence-electron chi connectivity index (χ2n) is 5.98. The Kier molecular flexibility index (Phi) is 4.19. The molecule has 0 heterocycles. The zero-order chi connectivity index (χ0) is 16.4. The van der Waals surface area contributed by atoms with Crippen molar-refractivity contribution in [2.75, 3.05) is 6.61 Å². The van der Waals surface area contributed by atoms with Crippen molar-refractivity contribution >= 4 is 22.6 Å². The van der Waals surface area contributed by atoms with Crippen molar-refractivity contribution in [1.29, 1.82) is 0 Å². The van der Waals surface area contributed by atoms with Gasteiger partial charge in [-0.2, -0.15) is 0 Å². The van der Waals surface area contributed by atoms with Crippen molar-refractivity contribution < 1.29 is 19.4 Å². The van der Waals surface area contributed by atoms with E-state index in [1.165, 1.54) is 0 Å². The molecule has 1 aliphatic rings. The molecule has 3 rings (SSSR count). The molecule has 2 N–H and O–H groups in total. The van der Waals surface area contributed by atoms with Crippen molar-refractivity contribution in [3.63, 3.8) is 0 Å². The van der Waals surface area contributed by atoms with Gasteiger partial charge in [0.2, 0.25) is 0 Å². The molecule has 0 aliphatic heterocycles. The van der Waals surface area contributed by atoms with Gasteiger partial charge in [0.05, 0.1) is 0 Å². The molecule has 2 aromatic carbocycles. The molecule has 0 unspecified atom stereocenters. The van der Waals surface area contributed by atoms with Crippen LogP contribution in [0.5, 0.6) is 5.75 Å². The summed E-state index contributed by atoms with van der Waals surface area (Å²) in [6.07, 6.45) is 2.30. The van der Waals surface area contributed by atoms with Gasteiger partial charge in [-0.1, -0.05) is 24.3 Å². The Balaban J connectivity index is 1.74. The van der Waals surface area contributed by atoms with E-state index in [9.17, 15) is 14.7 Å². The monoisotopic (exact) mass is 313 g/mol. The van der Waals surface area contributed by atoms with E-state index in [-0.39, 0.29) is 29.9 Å². The Bertz CT molecular complexity index is 752. The van der Waals surface area contributed by atoms with Crippen LogP contribution in [0.1, 0.15) is 30.1 Å². The first kappa shape index (κ1) is 15.3. The van der Waals surface area contributed by atoms with Crippen molar-refractivity contribution in [2.24, 2.45) is 5.92 Å². The molecule has 1 saturated carbocycles. The number of hydrogen-bond donors (Lipinski definition) is 2. The van der Waals surface area contributed by atoms with Crippen molar-refractivity contribution in [3.05, 3.63) is 42.0 Å². The summed E-state index contributed by atoms with van der Waals surface area (Å²) in [5, 5.41) is 13.9. The van der Waals surface area contributed by atoms with E-state index in [4.69, 9.17) is 4.74 Å².